The van der Waals surface area contributed by atoms with Crippen LogP contribution in [0.5, 0.6) is 11.5 Å². The molecular formula is C19H22N2O5S2. The lowest BCUT2D eigenvalue weighted by molar-refractivity contribution is -0.116. The van der Waals surface area contributed by atoms with Crippen LogP contribution in [0.15, 0.2) is 46.2 Å². The summed E-state index contributed by atoms with van der Waals surface area (Å²) in [6.07, 6.45) is 0.388. The molecule has 2 aromatic carbocycles. The number of hydrogen-bond acceptors (Lipinski definition) is 6. The zero-order valence-electron chi connectivity index (χ0n) is 15.8. The predicted octanol–water partition coefficient (Wildman–Crippen LogP) is 3.01. The van der Waals surface area contributed by atoms with Crippen LogP contribution in [0.3, 0.4) is 0 Å². The molecule has 3 rings (SSSR count). The highest BCUT2D eigenvalue weighted by atomic mass is 32.2. The molecule has 0 spiro atoms. The van der Waals surface area contributed by atoms with Crippen molar-refractivity contribution in [1.29, 1.82) is 0 Å². The van der Waals surface area contributed by atoms with Gasteiger partial charge in [0.05, 0.1) is 24.8 Å². The first kappa shape index (κ1) is 20.5. The van der Waals surface area contributed by atoms with Gasteiger partial charge in [0.25, 0.3) is 0 Å². The molecule has 1 atom stereocenters. The summed E-state index contributed by atoms with van der Waals surface area (Å²) < 4.78 is 38.4. The molecule has 0 unspecified atom stereocenters. The van der Waals surface area contributed by atoms with Gasteiger partial charge in [0.15, 0.2) is 11.5 Å². The number of sulfonamides is 1. The van der Waals surface area contributed by atoms with Crippen molar-refractivity contribution in [2.24, 2.45) is 0 Å². The maximum atomic E-state index is 12.7. The standard InChI is InChI=1S/C19H22N2O5S2/c1-12-8-19(22)21-15-10-14(5-7-18(15)27-12)28(23,24)20-11-13-4-6-16(25-2)17(9-13)26-3/h4-7,9-10,12,20H,8,11H2,1-3H3,(H,21,22)/t12-/m1/s1. The molecule has 0 saturated carbocycles. The molecule has 1 aliphatic rings. The Morgan fingerprint density at radius 1 is 1.14 bits per heavy atom. The number of anilines is 1. The first-order valence-corrected chi connectivity index (χ1v) is 11.0. The van der Waals surface area contributed by atoms with Gasteiger partial charge in [-0.2, -0.15) is 0 Å². The molecule has 7 nitrogen and oxygen atoms in total. The van der Waals surface area contributed by atoms with Gasteiger partial charge in [0, 0.05) is 23.1 Å². The normalized spacial score (nSPS) is 16.7. The third-order valence-corrected chi connectivity index (χ3v) is 6.83. The minimum atomic E-state index is -3.75. The zero-order chi connectivity index (χ0) is 20.3. The summed E-state index contributed by atoms with van der Waals surface area (Å²) in [6.45, 7) is 2.06. The lowest BCUT2D eigenvalue weighted by Gasteiger charge is -2.12. The molecule has 1 amide bonds. The van der Waals surface area contributed by atoms with E-state index in [2.05, 4.69) is 10.0 Å². The van der Waals surface area contributed by atoms with Gasteiger partial charge in [-0.25, -0.2) is 13.1 Å². The topological polar surface area (TPSA) is 93.7 Å². The third kappa shape index (κ3) is 4.60. The monoisotopic (exact) mass is 422 g/mol. The van der Waals surface area contributed by atoms with Crippen molar-refractivity contribution in [2.75, 3.05) is 19.5 Å². The summed E-state index contributed by atoms with van der Waals surface area (Å²) >= 11 is 1.55. The highest BCUT2D eigenvalue weighted by Gasteiger charge is 2.22. The number of methoxy groups -OCH3 is 2. The van der Waals surface area contributed by atoms with Crippen LogP contribution in [-0.4, -0.2) is 33.8 Å². The Hall–Kier alpha value is -2.23. The van der Waals surface area contributed by atoms with Gasteiger partial charge < -0.3 is 14.8 Å². The molecule has 1 aliphatic heterocycles. The SMILES string of the molecule is COc1ccc(CNS(=O)(=O)c2ccc3c(c2)NC(=O)C[C@@H](C)S3)cc1OC. The molecule has 28 heavy (non-hydrogen) atoms. The number of amides is 1. The number of benzene rings is 2. The van der Waals surface area contributed by atoms with Crippen LogP contribution >= 0.6 is 11.8 Å². The van der Waals surface area contributed by atoms with Crippen LogP contribution in [0.2, 0.25) is 0 Å². The van der Waals surface area contributed by atoms with Crippen molar-refractivity contribution in [3.05, 3.63) is 42.0 Å². The average molecular weight is 423 g/mol. The van der Waals surface area contributed by atoms with E-state index in [1.165, 1.54) is 20.3 Å². The zero-order valence-corrected chi connectivity index (χ0v) is 17.4. The van der Waals surface area contributed by atoms with Gasteiger partial charge in [-0.15, -0.1) is 11.8 Å². The number of hydrogen-bond donors (Lipinski definition) is 2. The van der Waals surface area contributed by atoms with Crippen molar-refractivity contribution in [3.63, 3.8) is 0 Å². The Kier molecular flexibility index (Phi) is 6.17. The van der Waals surface area contributed by atoms with Gasteiger partial charge in [0.2, 0.25) is 15.9 Å². The van der Waals surface area contributed by atoms with E-state index in [-0.39, 0.29) is 22.6 Å². The second kappa shape index (κ2) is 8.42. The minimum Gasteiger partial charge on any atom is -0.493 e. The fourth-order valence-electron chi connectivity index (χ4n) is 2.85. The largest absolute Gasteiger partial charge is 0.493 e. The van der Waals surface area contributed by atoms with E-state index in [9.17, 15) is 13.2 Å². The first-order valence-electron chi connectivity index (χ1n) is 8.63. The van der Waals surface area contributed by atoms with Crippen molar-refractivity contribution in [3.8, 4) is 11.5 Å². The van der Waals surface area contributed by atoms with E-state index in [4.69, 9.17) is 9.47 Å². The summed E-state index contributed by atoms with van der Waals surface area (Å²) in [5.41, 5.74) is 1.25. The number of ether oxygens (including phenoxy) is 2. The van der Waals surface area contributed by atoms with Crippen molar-refractivity contribution in [1.82, 2.24) is 4.72 Å². The third-order valence-electron chi connectivity index (χ3n) is 4.25. The van der Waals surface area contributed by atoms with Crippen LogP contribution in [-0.2, 0) is 21.4 Å². The fraction of sp³-hybridized carbons (Fsp3) is 0.316. The Bertz CT molecular complexity index is 992. The highest BCUT2D eigenvalue weighted by molar-refractivity contribution is 8.00. The van der Waals surface area contributed by atoms with Gasteiger partial charge >= 0.3 is 0 Å². The maximum absolute atomic E-state index is 12.7. The molecule has 0 aromatic heterocycles. The quantitative estimate of drug-likeness (QED) is 0.743. The van der Waals surface area contributed by atoms with Gasteiger partial charge in [-0.1, -0.05) is 13.0 Å². The summed E-state index contributed by atoms with van der Waals surface area (Å²) in [6, 6.07) is 9.98. The molecule has 0 radical (unpaired) electrons. The van der Waals surface area contributed by atoms with E-state index in [0.717, 1.165) is 10.5 Å². The highest BCUT2D eigenvalue weighted by Crippen LogP contribution is 2.36. The van der Waals surface area contributed by atoms with Crippen molar-refractivity contribution in [2.45, 2.75) is 34.9 Å². The molecular weight excluding hydrogens is 400 g/mol. The number of carbonyl (C=O) groups is 1. The van der Waals surface area contributed by atoms with E-state index in [1.807, 2.05) is 6.92 Å². The van der Waals surface area contributed by atoms with E-state index in [1.54, 1.807) is 42.1 Å². The van der Waals surface area contributed by atoms with E-state index < -0.39 is 10.0 Å². The van der Waals surface area contributed by atoms with E-state index >= 15 is 0 Å². The van der Waals surface area contributed by atoms with Gasteiger partial charge in [-0.05, 0) is 35.9 Å². The summed E-state index contributed by atoms with van der Waals surface area (Å²) in [7, 11) is -0.692. The molecule has 0 bridgehead atoms. The summed E-state index contributed by atoms with van der Waals surface area (Å²) in [4.78, 5) is 12.9. The second-order valence-electron chi connectivity index (χ2n) is 6.35. The molecule has 0 aliphatic carbocycles. The maximum Gasteiger partial charge on any atom is 0.240 e. The predicted molar refractivity (Wildman–Crippen MR) is 109 cm³/mol. The van der Waals surface area contributed by atoms with E-state index in [0.29, 0.717) is 23.6 Å². The molecule has 2 N–H and O–H groups in total. The van der Waals surface area contributed by atoms with Crippen LogP contribution in [0, 0.1) is 0 Å². The molecule has 1 heterocycles. The lowest BCUT2D eigenvalue weighted by Crippen LogP contribution is -2.23. The van der Waals surface area contributed by atoms with Gasteiger partial charge in [-0.3, -0.25) is 4.79 Å². The number of rotatable bonds is 6. The van der Waals surface area contributed by atoms with Gasteiger partial charge in [0.1, 0.15) is 0 Å². The number of carbonyl (C=O) groups excluding carboxylic acids is 1. The molecule has 0 fully saturated rings. The second-order valence-corrected chi connectivity index (χ2v) is 9.60. The first-order chi connectivity index (χ1) is 13.3. The molecule has 0 saturated heterocycles. The Balaban J connectivity index is 1.79. The fourth-order valence-corrected chi connectivity index (χ4v) is 4.94. The molecule has 150 valence electrons. The van der Waals surface area contributed by atoms with Crippen LogP contribution in [0.4, 0.5) is 5.69 Å². The summed E-state index contributed by atoms with van der Waals surface area (Å²) in [5.74, 6) is 0.979. The molecule has 9 heteroatoms. The lowest BCUT2D eigenvalue weighted by atomic mass is 10.2. The average Bonchev–Trinajstić information content (AvgIpc) is 2.81. The number of fused-ring (bicyclic) bond motifs is 1. The van der Waals surface area contributed by atoms with Crippen LogP contribution in [0.25, 0.3) is 0 Å². The number of thioether (sulfide) groups is 1. The minimum absolute atomic E-state index is 0.0952. The molecule has 2 aromatic rings. The smallest absolute Gasteiger partial charge is 0.240 e. The Labute approximate surface area is 168 Å². The Morgan fingerprint density at radius 3 is 2.61 bits per heavy atom. The van der Waals surface area contributed by atoms with Crippen molar-refractivity contribution >= 4 is 33.4 Å². The van der Waals surface area contributed by atoms with Crippen LogP contribution < -0.4 is 19.5 Å². The number of nitrogens with one attached hydrogen (secondary N) is 2. The summed E-state index contributed by atoms with van der Waals surface area (Å²) in [5, 5.41) is 2.92. The van der Waals surface area contributed by atoms with Crippen molar-refractivity contribution < 1.29 is 22.7 Å². The van der Waals surface area contributed by atoms with Crippen LogP contribution in [0.1, 0.15) is 18.9 Å². The Morgan fingerprint density at radius 2 is 1.89 bits per heavy atom.